The molecule has 7 aromatic carbocycles. The summed E-state index contributed by atoms with van der Waals surface area (Å²) in [7, 11) is 0. The van der Waals surface area contributed by atoms with Crippen LogP contribution in [0.15, 0.2) is 170 Å². The van der Waals surface area contributed by atoms with E-state index in [-0.39, 0.29) is 0 Å². The Morgan fingerprint density at radius 1 is 0.362 bits per heavy atom. The summed E-state index contributed by atoms with van der Waals surface area (Å²) in [5.41, 5.74) is 13.1. The molecule has 0 atom stereocenters. The van der Waals surface area contributed by atoms with E-state index in [9.17, 15) is 0 Å². The van der Waals surface area contributed by atoms with E-state index in [0.29, 0.717) is 0 Å². The van der Waals surface area contributed by atoms with Gasteiger partial charge in [-0.15, -0.1) is 0 Å². The first kappa shape index (κ1) is 26.0. The molecule has 10 rings (SSSR count). The molecule has 0 aliphatic heterocycles. The molecule has 0 aliphatic carbocycles. The molecular formula is C44H29N3. The van der Waals surface area contributed by atoms with Crippen molar-refractivity contribution in [3.05, 3.63) is 170 Å². The minimum absolute atomic E-state index is 1.15. The summed E-state index contributed by atoms with van der Waals surface area (Å²) in [6.07, 6.45) is 2.18. The molecule has 10 aromatic rings. The van der Waals surface area contributed by atoms with Crippen molar-refractivity contribution in [3.8, 4) is 33.6 Å². The summed E-state index contributed by atoms with van der Waals surface area (Å²) >= 11 is 0. The van der Waals surface area contributed by atoms with Gasteiger partial charge < -0.3 is 14.1 Å². The van der Waals surface area contributed by atoms with Crippen LogP contribution >= 0.6 is 0 Å². The van der Waals surface area contributed by atoms with Gasteiger partial charge in [-0.3, -0.25) is 0 Å². The molecule has 0 aliphatic rings. The molecule has 3 heteroatoms. The van der Waals surface area contributed by atoms with Crippen molar-refractivity contribution in [2.45, 2.75) is 0 Å². The van der Waals surface area contributed by atoms with Crippen LogP contribution in [0.5, 0.6) is 0 Å². The van der Waals surface area contributed by atoms with E-state index >= 15 is 0 Å². The molecule has 0 radical (unpaired) electrons. The summed E-state index contributed by atoms with van der Waals surface area (Å²) < 4.78 is 4.66. The summed E-state index contributed by atoms with van der Waals surface area (Å²) in [6.45, 7) is 0. The zero-order chi connectivity index (χ0) is 30.9. The van der Waals surface area contributed by atoms with Crippen molar-refractivity contribution in [1.29, 1.82) is 0 Å². The lowest BCUT2D eigenvalue weighted by atomic mass is 10.00. The Bertz CT molecular complexity index is 2760. The molecule has 0 spiro atoms. The van der Waals surface area contributed by atoms with Crippen molar-refractivity contribution < 1.29 is 0 Å². The molecule has 0 amide bonds. The highest BCUT2D eigenvalue weighted by Crippen LogP contribution is 2.39. The second-order valence-electron chi connectivity index (χ2n) is 12.3. The van der Waals surface area contributed by atoms with E-state index in [4.69, 9.17) is 0 Å². The van der Waals surface area contributed by atoms with Gasteiger partial charge in [-0.05, 0) is 95.1 Å². The van der Waals surface area contributed by atoms with Gasteiger partial charge in [-0.25, -0.2) is 0 Å². The van der Waals surface area contributed by atoms with Crippen LogP contribution in [0, 0.1) is 0 Å². The van der Waals surface area contributed by atoms with E-state index in [1.54, 1.807) is 0 Å². The van der Waals surface area contributed by atoms with Gasteiger partial charge in [0.25, 0.3) is 0 Å². The van der Waals surface area contributed by atoms with Gasteiger partial charge in [0.15, 0.2) is 0 Å². The van der Waals surface area contributed by atoms with Gasteiger partial charge in [-0.1, -0.05) is 91.0 Å². The van der Waals surface area contributed by atoms with Crippen molar-refractivity contribution in [1.82, 2.24) is 14.1 Å². The maximum absolute atomic E-state index is 3.67. The lowest BCUT2D eigenvalue weighted by molar-refractivity contribution is 1.13. The molecule has 220 valence electrons. The number of hydrogen-bond donors (Lipinski definition) is 1. The van der Waals surface area contributed by atoms with Crippen LogP contribution in [-0.2, 0) is 0 Å². The summed E-state index contributed by atoms with van der Waals surface area (Å²) in [5.74, 6) is 0. The van der Waals surface area contributed by atoms with Crippen molar-refractivity contribution in [2.75, 3.05) is 0 Å². The van der Waals surface area contributed by atoms with Crippen molar-refractivity contribution in [2.24, 2.45) is 0 Å². The Labute approximate surface area is 271 Å². The summed E-state index contributed by atoms with van der Waals surface area (Å²) in [6, 6.07) is 59.2. The smallest absolute Gasteiger partial charge is 0.0541 e. The Morgan fingerprint density at radius 3 is 1.81 bits per heavy atom. The number of aromatic nitrogens is 3. The van der Waals surface area contributed by atoms with E-state index in [1.165, 1.54) is 71.4 Å². The minimum atomic E-state index is 1.15. The van der Waals surface area contributed by atoms with Crippen molar-refractivity contribution >= 4 is 54.5 Å². The van der Waals surface area contributed by atoms with Crippen LogP contribution in [0.25, 0.3) is 88.1 Å². The number of aromatic amines is 1. The third-order valence-corrected chi connectivity index (χ3v) is 9.70. The monoisotopic (exact) mass is 599 g/mol. The van der Waals surface area contributed by atoms with E-state index < -0.39 is 0 Å². The first-order valence-electron chi connectivity index (χ1n) is 16.1. The Hall–Kier alpha value is -6.32. The van der Waals surface area contributed by atoms with E-state index in [1.807, 2.05) is 0 Å². The molecule has 0 fully saturated rings. The number of nitrogens with zero attached hydrogens (tertiary/aromatic N) is 2. The highest BCUT2D eigenvalue weighted by atomic mass is 15.0. The third-order valence-electron chi connectivity index (χ3n) is 9.70. The van der Waals surface area contributed by atoms with Gasteiger partial charge in [0.1, 0.15) is 0 Å². The SMILES string of the molecule is c1ccc(-c2ccc(-n3c4ccccc4c4cc(-c5ccc6[nH]c7ccc8c(ccn8-c8ccccc8)c7c6c5)ccc43)cc2)cc1. The van der Waals surface area contributed by atoms with Gasteiger partial charge in [0.2, 0.25) is 0 Å². The highest BCUT2D eigenvalue weighted by molar-refractivity contribution is 6.20. The number of benzene rings is 7. The second-order valence-corrected chi connectivity index (χ2v) is 12.3. The Kier molecular flexibility index (Phi) is 5.57. The fourth-order valence-corrected chi connectivity index (χ4v) is 7.47. The number of hydrogen-bond acceptors (Lipinski definition) is 0. The average molecular weight is 600 g/mol. The lowest BCUT2D eigenvalue weighted by Gasteiger charge is -2.10. The number of nitrogens with one attached hydrogen (secondary N) is 1. The normalized spacial score (nSPS) is 11.8. The lowest BCUT2D eigenvalue weighted by Crippen LogP contribution is -1.93. The van der Waals surface area contributed by atoms with Crippen LogP contribution in [-0.4, -0.2) is 14.1 Å². The fourth-order valence-electron chi connectivity index (χ4n) is 7.47. The van der Waals surface area contributed by atoms with Crippen LogP contribution in [0.1, 0.15) is 0 Å². The fraction of sp³-hybridized carbons (Fsp3) is 0. The van der Waals surface area contributed by atoms with Gasteiger partial charge in [-0.2, -0.15) is 0 Å². The first-order valence-corrected chi connectivity index (χ1v) is 16.1. The van der Waals surface area contributed by atoms with Crippen LogP contribution < -0.4 is 0 Å². The predicted octanol–water partition coefficient (Wildman–Crippen LogP) is 11.7. The third kappa shape index (κ3) is 4.00. The van der Waals surface area contributed by atoms with Gasteiger partial charge in [0, 0.05) is 55.5 Å². The van der Waals surface area contributed by atoms with Crippen LogP contribution in [0.3, 0.4) is 0 Å². The molecule has 1 N–H and O–H groups in total. The first-order chi connectivity index (χ1) is 23.3. The standard InChI is InChI=1S/C44H29N3/c1-3-9-29(10-4-1)30-15-19-34(20-16-30)47-42-14-8-7-13-35(42)37-27-32(18-23-43(37)47)31-17-21-39-38(28-31)44-36-25-26-46(33-11-5-2-6-12-33)41(36)24-22-40(44)45-39/h1-28,45H. The Morgan fingerprint density at radius 2 is 0.979 bits per heavy atom. The van der Waals surface area contributed by atoms with Gasteiger partial charge in [0.05, 0.1) is 16.6 Å². The Balaban J connectivity index is 1.12. The molecule has 3 aromatic heterocycles. The average Bonchev–Trinajstić information content (AvgIpc) is 3.83. The van der Waals surface area contributed by atoms with E-state index in [2.05, 4.69) is 184 Å². The molecule has 0 unspecified atom stereocenters. The zero-order valence-electron chi connectivity index (χ0n) is 25.6. The molecule has 0 bridgehead atoms. The maximum Gasteiger partial charge on any atom is 0.0541 e. The highest BCUT2D eigenvalue weighted by Gasteiger charge is 2.16. The van der Waals surface area contributed by atoms with E-state index in [0.717, 1.165) is 16.7 Å². The number of rotatable bonds is 4. The summed E-state index contributed by atoms with van der Waals surface area (Å²) in [5, 5.41) is 6.28. The number of H-pyrrole nitrogens is 1. The van der Waals surface area contributed by atoms with Crippen molar-refractivity contribution in [3.63, 3.8) is 0 Å². The maximum atomic E-state index is 3.67. The molecule has 0 saturated heterocycles. The largest absolute Gasteiger partial charge is 0.354 e. The quantitative estimate of drug-likeness (QED) is 0.208. The minimum Gasteiger partial charge on any atom is -0.354 e. The molecule has 3 heterocycles. The summed E-state index contributed by atoms with van der Waals surface area (Å²) in [4.78, 5) is 3.67. The predicted molar refractivity (Wildman–Crippen MR) is 198 cm³/mol. The zero-order valence-corrected chi connectivity index (χ0v) is 25.6. The van der Waals surface area contributed by atoms with Crippen LogP contribution in [0.4, 0.5) is 0 Å². The number of para-hydroxylation sites is 2. The number of fused-ring (bicyclic) bond motifs is 8. The van der Waals surface area contributed by atoms with Crippen LogP contribution in [0.2, 0.25) is 0 Å². The van der Waals surface area contributed by atoms with Gasteiger partial charge >= 0.3 is 0 Å². The topological polar surface area (TPSA) is 25.6 Å². The molecule has 0 saturated carbocycles. The molecule has 47 heavy (non-hydrogen) atoms. The molecular weight excluding hydrogens is 571 g/mol. The molecule has 3 nitrogen and oxygen atoms in total. The second kappa shape index (κ2) is 10.1.